The van der Waals surface area contributed by atoms with Crippen LogP contribution >= 0.6 is 0 Å². The molecular weight excluding hydrogens is 336 g/mol. The summed E-state index contributed by atoms with van der Waals surface area (Å²) in [5.41, 5.74) is 1.09. The molecule has 144 valence electrons. The van der Waals surface area contributed by atoms with Gasteiger partial charge in [0.05, 0.1) is 0 Å². The van der Waals surface area contributed by atoms with E-state index in [4.69, 9.17) is 4.74 Å². The minimum Gasteiger partial charge on any atom is -0.451 e. The third-order valence-corrected chi connectivity index (χ3v) is 8.97. The second kappa shape index (κ2) is 5.93. The van der Waals surface area contributed by atoms with Crippen molar-refractivity contribution in [3.05, 3.63) is 36.5 Å². The second-order valence-corrected chi connectivity index (χ2v) is 9.51. The average molecular weight is 367 g/mol. The van der Waals surface area contributed by atoms with E-state index in [2.05, 4.69) is 25.7 Å². The van der Waals surface area contributed by atoms with Crippen molar-refractivity contribution in [3.8, 4) is 0 Å². The highest BCUT2D eigenvalue weighted by Gasteiger charge is 2.67. The fraction of sp³-hybridized carbons (Fsp3) is 0.667. The number of hydrogen-bond acceptors (Lipinski definition) is 3. The van der Waals surface area contributed by atoms with Crippen molar-refractivity contribution < 1.29 is 14.3 Å². The van der Waals surface area contributed by atoms with Crippen molar-refractivity contribution in [2.45, 2.75) is 63.9 Å². The van der Waals surface area contributed by atoms with Crippen molar-refractivity contribution in [2.75, 3.05) is 0 Å². The largest absolute Gasteiger partial charge is 0.451 e. The predicted octanol–water partition coefficient (Wildman–Crippen LogP) is 4.78. The molecule has 5 rings (SSSR count). The summed E-state index contributed by atoms with van der Waals surface area (Å²) >= 11 is 0. The first-order valence-corrected chi connectivity index (χ1v) is 10.8. The molecule has 1 heterocycles. The molecule has 0 saturated heterocycles. The van der Waals surface area contributed by atoms with E-state index in [1.54, 1.807) is 6.08 Å². The Labute approximate surface area is 161 Å². The van der Waals surface area contributed by atoms with Crippen molar-refractivity contribution in [1.29, 1.82) is 0 Å². The van der Waals surface area contributed by atoms with Crippen LogP contribution in [0.1, 0.15) is 58.3 Å². The van der Waals surface area contributed by atoms with Crippen LogP contribution in [0.4, 0.5) is 0 Å². The van der Waals surface area contributed by atoms with Crippen LogP contribution in [0.5, 0.6) is 0 Å². The highest BCUT2D eigenvalue weighted by atomic mass is 16.6. The van der Waals surface area contributed by atoms with Crippen LogP contribution in [0.3, 0.4) is 0 Å². The van der Waals surface area contributed by atoms with Gasteiger partial charge in [-0.15, -0.1) is 6.58 Å². The lowest BCUT2D eigenvalue weighted by Crippen LogP contribution is -2.55. The Balaban J connectivity index is 1.55. The number of carbonyl (C=O) groups is 2. The molecule has 5 aliphatic rings. The average Bonchev–Trinajstić information content (AvgIpc) is 3.21. The van der Waals surface area contributed by atoms with E-state index >= 15 is 0 Å². The molecular formula is C24H30O3. The minimum absolute atomic E-state index is 0.0732. The summed E-state index contributed by atoms with van der Waals surface area (Å²) in [5.74, 6) is 3.02. The van der Waals surface area contributed by atoms with E-state index in [9.17, 15) is 9.59 Å². The Morgan fingerprint density at radius 2 is 2.11 bits per heavy atom. The standard InChI is InChI=1S/C24H30O3/c1-3-15-13-16-14-17(25)5-6-18(16)19-7-10-23(4-2)20(22(15)19)8-11-24(23)12-9-21(26)27-24/h3,9,12,14-15,18-20,22H,1,4-8,10-11,13H2,2H3/t15-,18-,19?,20?,22?,23-,24+/m0/s1. The molecule has 3 saturated carbocycles. The van der Waals surface area contributed by atoms with Crippen molar-refractivity contribution in [1.82, 2.24) is 0 Å². The van der Waals surface area contributed by atoms with E-state index in [1.807, 2.05) is 6.08 Å². The molecule has 0 aromatic rings. The molecule has 3 fully saturated rings. The van der Waals surface area contributed by atoms with Crippen LogP contribution in [0.15, 0.2) is 36.5 Å². The quantitative estimate of drug-likeness (QED) is 0.522. The Kier molecular flexibility index (Phi) is 3.83. The first kappa shape index (κ1) is 17.5. The van der Waals surface area contributed by atoms with E-state index in [0.29, 0.717) is 41.8 Å². The van der Waals surface area contributed by atoms with Gasteiger partial charge in [-0.05, 0) is 86.7 Å². The molecule has 1 spiro atoms. The van der Waals surface area contributed by atoms with Gasteiger partial charge < -0.3 is 4.74 Å². The molecule has 0 aromatic heterocycles. The first-order chi connectivity index (χ1) is 13.0. The van der Waals surface area contributed by atoms with Crippen molar-refractivity contribution in [2.24, 2.45) is 35.0 Å². The number of ether oxygens (including phenoxy) is 1. The Morgan fingerprint density at radius 3 is 2.81 bits per heavy atom. The van der Waals surface area contributed by atoms with Gasteiger partial charge in [-0.1, -0.05) is 18.6 Å². The van der Waals surface area contributed by atoms with E-state index < -0.39 is 0 Å². The van der Waals surface area contributed by atoms with E-state index in [-0.39, 0.29) is 17.0 Å². The van der Waals surface area contributed by atoms with Gasteiger partial charge in [0, 0.05) is 17.9 Å². The highest BCUT2D eigenvalue weighted by molar-refractivity contribution is 5.91. The summed E-state index contributed by atoms with van der Waals surface area (Å²) in [6, 6.07) is 0. The number of esters is 1. The fourth-order valence-electron chi connectivity index (χ4n) is 7.97. The van der Waals surface area contributed by atoms with Gasteiger partial charge in [0.25, 0.3) is 0 Å². The number of fused-ring (bicyclic) bond motifs is 6. The third-order valence-electron chi connectivity index (χ3n) is 8.97. The number of rotatable bonds is 2. The Morgan fingerprint density at radius 1 is 1.26 bits per heavy atom. The molecule has 0 amide bonds. The maximum Gasteiger partial charge on any atom is 0.331 e. The first-order valence-electron chi connectivity index (χ1n) is 10.8. The van der Waals surface area contributed by atoms with Gasteiger partial charge in [0.2, 0.25) is 0 Å². The maximum absolute atomic E-state index is 12.0. The molecule has 1 aliphatic heterocycles. The van der Waals surface area contributed by atoms with Crippen LogP contribution < -0.4 is 0 Å². The van der Waals surface area contributed by atoms with Crippen LogP contribution in [0.2, 0.25) is 0 Å². The molecule has 0 N–H and O–H groups in total. The Bertz CT molecular complexity index is 762. The molecule has 0 radical (unpaired) electrons. The number of carbonyl (C=O) groups excluding carboxylic acids is 2. The topological polar surface area (TPSA) is 43.4 Å². The molecule has 3 nitrogen and oxygen atoms in total. The van der Waals surface area contributed by atoms with Crippen molar-refractivity contribution in [3.63, 3.8) is 0 Å². The summed E-state index contributed by atoms with van der Waals surface area (Å²) in [6.45, 7) is 6.47. The van der Waals surface area contributed by atoms with Gasteiger partial charge in [0.1, 0.15) is 5.60 Å². The summed E-state index contributed by atoms with van der Waals surface area (Å²) in [7, 11) is 0. The lowest BCUT2D eigenvalue weighted by molar-refractivity contribution is -0.165. The number of allylic oxidation sites excluding steroid dienone is 2. The SMILES string of the molecule is C=C[C@H]1CC2=CC(=O)CC[C@@H]2C2CC[C@@]3(CC)C(CC[C@@]34C=CC(=O)O4)C21. The van der Waals surface area contributed by atoms with Gasteiger partial charge in [0.15, 0.2) is 5.78 Å². The van der Waals surface area contributed by atoms with Crippen LogP contribution in [0, 0.1) is 35.0 Å². The third kappa shape index (κ3) is 2.20. The molecule has 0 bridgehead atoms. The van der Waals surface area contributed by atoms with Gasteiger partial charge in [-0.2, -0.15) is 0 Å². The van der Waals surface area contributed by atoms with Gasteiger partial charge in [-0.25, -0.2) is 4.79 Å². The zero-order valence-corrected chi connectivity index (χ0v) is 16.3. The zero-order chi connectivity index (χ0) is 18.8. The summed E-state index contributed by atoms with van der Waals surface area (Å²) in [4.78, 5) is 24.0. The zero-order valence-electron chi connectivity index (χ0n) is 16.3. The van der Waals surface area contributed by atoms with Crippen LogP contribution in [0.25, 0.3) is 0 Å². The summed E-state index contributed by atoms with van der Waals surface area (Å²) in [5, 5.41) is 0. The normalized spacial score (nSPS) is 47.9. The Hall–Kier alpha value is -1.64. The molecule has 7 atom stereocenters. The monoisotopic (exact) mass is 366 g/mol. The molecule has 27 heavy (non-hydrogen) atoms. The molecule has 0 aromatic carbocycles. The molecule has 4 aliphatic carbocycles. The van der Waals surface area contributed by atoms with Crippen LogP contribution in [-0.4, -0.2) is 17.4 Å². The number of hydrogen-bond donors (Lipinski definition) is 0. The lowest BCUT2D eigenvalue weighted by atomic mass is 9.47. The lowest BCUT2D eigenvalue weighted by Gasteiger charge is -2.58. The molecule has 3 heteroatoms. The van der Waals surface area contributed by atoms with Crippen LogP contribution in [-0.2, 0) is 14.3 Å². The van der Waals surface area contributed by atoms with Gasteiger partial charge in [-0.3, -0.25) is 4.79 Å². The summed E-state index contributed by atoms with van der Waals surface area (Å²) in [6.07, 6.45) is 16.1. The molecule has 3 unspecified atom stereocenters. The minimum atomic E-state index is -0.376. The second-order valence-electron chi connectivity index (χ2n) is 9.51. The van der Waals surface area contributed by atoms with Crippen molar-refractivity contribution >= 4 is 11.8 Å². The maximum atomic E-state index is 12.0. The summed E-state index contributed by atoms with van der Waals surface area (Å²) < 4.78 is 6.01. The number of ketones is 1. The van der Waals surface area contributed by atoms with E-state index in [0.717, 1.165) is 38.5 Å². The van der Waals surface area contributed by atoms with E-state index in [1.165, 1.54) is 12.0 Å². The fourth-order valence-corrected chi connectivity index (χ4v) is 7.97. The predicted molar refractivity (Wildman–Crippen MR) is 104 cm³/mol. The highest BCUT2D eigenvalue weighted by Crippen LogP contribution is 2.69. The van der Waals surface area contributed by atoms with Gasteiger partial charge >= 0.3 is 5.97 Å². The smallest absolute Gasteiger partial charge is 0.331 e.